The van der Waals surface area contributed by atoms with E-state index in [1.165, 1.54) is 22.3 Å². The number of hydrogen-bond acceptors (Lipinski definition) is 10. The molecule has 4 rings (SSSR count). The lowest BCUT2D eigenvalue weighted by molar-refractivity contribution is -0.117. The summed E-state index contributed by atoms with van der Waals surface area (Å²) in [6, 6.07) is 6.07. The number of anilines is 1. The van der Waals surface area contributed by atoms with E-state index in [2.05, 4.69) is 30.4 Å². The number of thiazole rings is 2. The van der Waals surface area contributed by atoms with Gasteiger partial charge >= 0.3 is 5.97 Å². The van der Waals surface area contributed by atoms with Crippen molar-refractivity contribution < 1.29 is 29.0 Å². The first-order valence-electron chi connectivity index (χ1n) is 12.8. The van der Waals surface area contributed by atoms with Gasteiger partial charge in [-0.25, -0.2) is 14.8 Å². The molecule has 210 valence electrons. The van der Waals surface area contributed by atoms with Crippen molar-refractivity contribution >= 4 is 45.5 Å². The Morgan fingerprint density at radius 3 is 2.52 bits per heavy atom. The van der Waals surface area contributed by atoms with E-state index in [9.17, 15) is 19.5 Å². The maximum absolute atomic E-state index is 13.9. The fraction of sp³-hybridized carbons (Fsp3) is 0.345. The molecular weight excluding hydrogens is 550 g/mol. The van der Waals surface area contributed by atoms with Crippen molar-refractivity contribution in [2.75, 3.05) is 18.1 Å². The van der Waals surface area contributed by atoms with Gasteiger partial charge in [0.1, 0.15) is 17.2 Å². The summed E-state index contributed by atoms with van der Waals surface area (Å²) in [5.41, 5.74) is 1.34. The Bertz CT molecular complexity index is 1500. The highest BCUT2D eigenvalue weighted by Gasteiger charge is 2.47. The summed E-state index contributed by atoms with van der Waals surface area (Å²) in [6.45, 7) is 13.4. The fourth-order valence-corrected chi connectivity index (χ4v) is 6.14. The highest BCUT2D eigenvalue weighted by atomic mass is 32.1. The Balaban J connectivity index is 1.81. The minimum atomic E-state index is -1.02. The third-order valence-corrected chi connectivity index (χ3v) is 8.42. The molecule has 0 radical (unpaired) electrons. The molecule has 0 saturated heterocycles. The van der Waals surface area contributed by atoms with Crippen molar-refractivity contribution in [1.82, 2.24) is 9.97 Å². The van der Waals surface area contributed by atoms with Crippen molar-refractivity contribution in [3.05, 3.63) is 80.0 Å². The van der Waals surface area contributed by atoms with E-state index >= 15 is 0 Å². The van der Waals surface area contributed by atoms with Gasteiger partial charge in [-0.15, -0.1) is 11.3 Å². The first-order chi connectivity index (χ1) is 19.0. The number of aromatic nitrogens is 2. The third kappa shape index (κ3) is 5.85. The molecule has 1 aromatic carbocycles. The first kappa shape index (κ1) is 29.2. The predicted octanol–water partition coefficient (Wildman–Crippen LogP) is 6.08. The van der Waals surface area contributed by atoms with Crippen molar-refractivity contribution in [1.29, 1.82) is 0 Å². The van der Waals surface area contributed by atoms with Crippen LogP contribution in [-0.4, -0.2) is 45.9 Å². The molecular formula is C29H31N3O6S2. The number of amides is 1. The Hall–Kier alpha value is -3.83. The van der Waals surface area contributed by atoms with Crippen molar-refractivity contribution in [2.45, 2.75) is 47.1 Å². The maximum atomic E-state index is 13.9. The molecule has 0 aliphatic carbocycles. The second-order valence-electron chi connectivity index (χ2n) is 9.72. The van der Waals surface area contributed by atoms with Crippen LogP contribution in [0.5, 0.6) is 5.75 Å². The molecule has 40 heavy (non-hydrogen) atoms. The van der Waals surface area contributed by atoms with E-state index in [-0.39, 0.29) is 22.2 Å². The Morgan fingerprint density at radius 1 is 1.15 bits per heavy atom. The van der Waals surface area contributed by atoms with Gasteiger partial charge < -0.3 is 14.6 Å². The van der Waals surface area contributed by atoms with Crippen LogP contribution in [-0.2, 0) is 9.53 Å². The normalized spacial score (nSPS) is 15.2. The minimum absolute atomic E-state index is 0.0228. The summed E-state index contributed by atoms with van der Waals surface area (Å²) in [6.07, 6.45) is 2.31. The molecule has 3 heterocycles. The molecule has 0 fully saturated rings. The van der Waals surface area contributed by atoms with Crippen LogP contribution in [0.25, 0.3) is 0 Å². The van der Waals surface area contributed by atoms with E-state index < -0.39 is 29.5 Å². The van der Waals surface area contributed by atoms with Gasteiger partial charge in [0.25, 0.3) is 5.91 Å². The monoisotopic (exact) mass is 581 g/mol. The standard InChI is InChI=1S/C29H31N3O6S2/c1-7-12-38-28(36)26-17(5)31-29(40-26)32-22(19-9-8-10-20(14-19)37-13-11-15(2)3)21(24(34)27(32)35)23(33)25-16(4)30-18(6)39-25/h7-10,14-15,22,34H,1,11-13H2,2-6H3. The van der Waals surface area contributed by atoms with Crippen LogP contribution in [0.1, 0.15) is 67.6 Å². The molecule has 1 aliphatic heterocycles. The lowest BCUT2D eigenvalue weighted by Crippen LogP contribution is -2.31. The molecule has 1 amide bonds. The average Bonchev–Trinajstić information content (AvgIpc) is 3.54. The van der Waals surface area contributed by atoms with Crippen molar-refractivity contribution in [3.8, 4) is 5.75 Å². The van der Waals surface area contributed by atoms with Gasteiger partial charge in [-0.05, 0) is 50.8 Å². The number of aliphatic hydroxyl groups is 1. The first-order valence-corrected chi connectivity index (χ1v) is 14.4. The van der Waals surface area contributed by atoms with Gasteiger partial charge in [-0.2, -0.15) is 0 Å². The van der Waals surface area contributed by atoms with Crippen LogP contribution in [0, 0.1) is 26.7 Å². The lowest BCUT2D eigenvalue weighted by Gasteiger charge is -2.25. The minimum Gasteiger partial charge on any atom is -0.503 e. The molecule has 3 aromatic rings. The molecule has 0 spiro atoms. The average molecular weight is 582 g/mol. The van der Waals surface area contributed by atoms with Gasteiger partial charge in [0.05, 0.1) is 39.5 Å². The van der Waals surface area contributed by atoms with Gasteiger partial charge in [0.15, 0.2) is 10.9 Å². The van der Waals surface area contributed by atoms with Crippen molar-refractivity contribution in [2.24, 2.45) is 5.92 Å². The summed E-state index contributed by atoms with van der Waals surface area (Å²) < 4.78 is 11.1. The number of carbonyl (C=O) groups is 3. The molecule has 2 aromatic heterocycles. The van der Waals surface area contributed by atoms with E-state index in [1.807, 2.05) is 0 Å². The quantitative estimate of drug-likeness (QED) is 0.165. The number of Topliss-reactive ketones (excluding diaryl/α,β-unsaturated/α-hetero) is 1. The van der Waals surface area contributed by atoms with Crippen LogP contribution in [0.15, 0.2) is 48.3 Å². The van der Waals surface area contributed by atoms with Gasteiger partial charge in [0, 0.05) is 0 Å². The summed E-state index contributed by atoms with van der Waals surface area (Å²) in [4.78, 5) is 50.7. The molecule has 1 N–H and O–H groups in total. The zero-order valence-electron chi connectivity index (χ0n) is 23.0. The van der Waals surface area contributed by atoms with Crippen LogP contribution in [0.4, 0.5) is 5.13 Å². The highest BCUT2D eigenvalue weighted by Crippen LogP contribution is 2.45. The summed E-state index contributed by atoms with van der Waals surface area (Å²) in [7, 11) is 0. The van der Waals surface area contributed by atoms with Crippen LogP contribution < -0.4 is 9.64 Å². The summed E-state index contributed by atoms with van der Waals surface area (Å²) >= 11 is 2.15. The topological polar surface area (TPSA) is 119 Å². The SMILES string of the molecule is C=CCOC(=O)c1sc(N2C(=O)C(O)=C(C(=O)c3sc(C)nc3C)C2c2cccc(OCCC(C)C)c2)nc1C. The number of rotatable bonds is 11. The fourth-order valence-electron chi connectivity index (χ4n) is 4.28. The highest BCUT2D eigenvalue weighted by molar-refractivity contribution is 7.17. The Labute approximate surface area is 240 Å². The van der Waals surface area contributed by atoms with Crippen LogP contribution in [0.3, 0.4) is 0 Å². The zero-order chi connectivity index (χ0) is 29.1. The molecule has 9 nitrogen and oxygen atoms in total. The predicted molar refractivity (Wildman–Crippen MR) is 155 cm³/mol. The summed E-state index contributed by atoms with van der Waals surface area (Å²) in [5, 5.41) is 12.0. The van der Waals surface area contributed by atoms with Crippen LogP contribution in [0.2, 0.25) is 0 Å². The van der Waals surface area contributed by atoms with Gasteiger partial charge in [-0.1, -0.05) is 50.0 Å². The Kier molecular flexibility index (Phi) is 8.85. The zero-order valence-corrected chi connectivity index (χ0v) is 24.6. The van der Waals surface area contributed by atoms with Crippen LogP contribution >= 0.6 is 22.7 Å². The molecule has 1 aliphatic rings. The maximum Gasteiger partial charge on any atom is 0.350 e. The Morgan fingerprint density at radius 2 is 1.88 bits per heavy atom. The largest absolute Gasteiger partial charge is 0.503 e. The number of benzene rings is 1. The van der Waals surface area contributed by atoms with E-state index in [4.69, 9.17) is 9.47 Å². The number of carbonyl (C=O) groups excluding carboxylic acids is 3. The molecule has 0 saturated carbocycles. The van der Waals surface area contributed by atoms with Crippen molar-refractivity contribution in [3.63, 3.8) is 0 Å². The number of hydrogen-bond donors (Lipinski definition) is 1. The number of esters is 1. The second-order valence-corrected chi connectivity index (χ2v) is 11.9. The van der Waals surface area contributed by atoms with Gasteiger partial charge in [-0.3, -0.25) is 14.5 Å². The smallest absolute Gasteiger partial charge is 0.350 e. The second kappa shape index (κ2) is 12.1. The summed E-state index contributed by atoms with van der Waals surface area (Å²) in [5.74, 6) is -1.53. The lowest BCUT2D eigenvalue weighted by atomic mass is 9.95. The van der Waals surface area contributed by atoms with Gasteiger partial charge in [0.2, 0.25) is 5.78 Å². The number of nitrogens with zero attached hydrogens (tertiary/aromatic N) is 3. The number of ketones is 1. The van der Waals surface area contributed by atoms with E-state index in [0.29, 0.717) is 45.1 Å². The van der Waals surface area contributed by atoms with E-state index in [0.717, 1.165) is 17.8 Å². The molecule has 1 atom stereocenters. The van der Waals surface area contributed by atoms with E-state index in [1.54, 1.807) is 45.0 Å². The number of aliphatic hydroxyl groups excluding tert-OH is 1. The third-order valence-electron chi connectivity index (χ3n) is 6.21. The molecule has 1 unspecified atom stereocenters. The molecule has 0 bridgehead atoms. The molecule has 11 heteroatoms. The number of ether oxygens (including phenoxy) is 2. The number of aryl methyl sites for hydroxylation is 3.